The van der Waals surface area contributed by atoms with Crippen molar-refractivity contribution in [2.45, 2.75) is 6.36 Å². The van der Waals surface area contributed by atoms with Gasteiger partial charge in [-0.05, 0) is 36.4 Å². The summed E-state index contributed by atoms with van der Waals surface area (Å²) < 4.78 is 46.1. The van der Waals surface area contributed by atoms with Gasteiger partial charge in [-0.15, -0.1) is 13.2 Å². The number of halogens is 3. The molecule has 1 aliphatic heterocycles. The first-order valence-corrected chi connectivity index (χ1v) is 9.29. The van der Waals surface area contributed by atoms with Gasteiger partial charge in [0.15, 0.2) is 0 Å². The number of nitrogens with zero attached hydrogens (tertiary/aromatic N) is 3. The monoisotopic (exact) mass is 430 g/mol. The maximum absolute atomic E-state index is 12.7. The Kier molecular flexibility index (Phi) is 5.72. The summed E-state index contributed by atoms with van der Waals surface area (Å²) in [6.45, 7) is 1.67. The smallest absolute Gasteiger partial charge is 0.406 e. The van der Waals surface area contributed by atoms with Crippen molar-refractivity contribution in [2.24, 2.45) is 0 Å². The van der Waals surface area contributed by atoms with E-state index >= 15 is 0 Å². The van der Waals surface area contributed by atoms with Crippen LogP contribution in [0.15, 0.2) is 61.1 Å². The van der Waals surface area contributed by atoms with Crippen LogP contribution in [0.25, 0.3) is 11.1 Å². The van der Waals surface area contributed by atoms with Crippen LogP contribution in [0.4, 0.5) is 24.7 Å². The number of benzene rings is 1. The lowest BCUT2D eigenvalue weighted by molar-refractivity contribution is -0.274. The maximum atomic E-state index is 12.7. The van der Waals surface area contributed by atoms with Gasteiger partial charge in [-0.1, -0.05) is 6.07 Å². The lowest BCUT2D eigenvalue weighted by atomic mass is 10.1. The summed E-state index contributed by atoms with van der Waals surface area (Å²) in [4.78, 5) is 23.3. The number of alkyl halides is 3. The van der Waals surface area contributed by atoms with E-state index in [-0.39, 0.29) is 5.75 Å². The molecule has 2 aromatic heterocycles. The number of nitrogens with one attached hydrogen (secondary N) is 1. The molecule has 1 saturated heterocycles. The fourth-order valence-electron chi connectivity index (χ4n) is 3.09. The number of carbonyl (C=O) groups excluding carboxylic acids is 1. The van der Waals surface area contributed by atoms with Crippen LogP contribution < -0.4 is 15.0 Å². The van der Waals surface area contributed by atoms with E-state index in [2.05, 4.69) is 20.0 Å². The minimum absolute atomic E-state index is 0.290. The van der Waals surface area contributed by atoms with Crippen molar-refractivity contribution in [3.8, 4) is 16.9 Å². The number of rotatable bonds is 5. The largest absolute Gasteiger partial charge is 0.573 e. The number of aromatic nitrogens is 2. The normalized spacial score (nSPS) is 13.8. The summed E-state index contributed by atoms with van der Waals surface area (Å²) in [5.41, 5.74) is 2.12. The molecule has 160 valence electrons. The van der Waals surface area contributed by atoms with Gasteiger partial charge in [0.2, 0.25) is 0 Å². The van der Waals surface area contributed by atoms with E-state index < -0.39 is 12.3 Å². The number of amides is 1. The molecule has 7 nitrogen and oxygen atoms in total. The zero-order chi connectivity index (χ0) is 21.8. The van der Waals surface area contributed by atoms with Gasteiger partial charge in [0, 0.05) is 41.9 Å². The minimum atomic E-state index is -4.78. The van der Waals surface area contributed by atoms with E-state index in [1.165, 1.54) is 18.3 Å². The molecule has 0 unspecified atom stereocenters. The van der Waals surface area contributed by atoms with E-state index in [0.29, 0.717) is 37.0 Å². The van der Waals surface area contributed by atoms with Crippen LogP contribution in [0.3, 0.4) is 0 Å². The van der Waals surface area contributed by atoms with Crippen LogP contribution in [0, 0.1) is 0 Å². The van der Waals surface area contributed by atoms with Crippen molar-refractivity contribution in [3.05, 3.63) is 66.6 Å². The van der Waals surface area contributed by atoms with Gasteiger partial charge < -0.3 is 19.7 Å². The third kappa shape index (κ3) is 5.10. The third-order valence-electron chi connectivity index (χ3n) is 4.50. The number of anilines is 2. The molecule has 1 aromatic carbocycles. The van der Waals surface area contributed by atoms with Crippen LogP contribution in [0.5, 0.6) is 5.75 Å². The summed E-state index contributed by atoms with van der Waals surface area (Å²) in [6.07, 6.45) is 0.00202. The molecule has 1 amide bonds. The molecule has 0 spiro atoms. The van der Waals surface area contributed by atoms with Crippen molar-refractivity contribution in [1.82, 2.24) is 9.97 Å². The first kappa shape index (κ1) is 20.6. The van der Waals surface area contributed by atoms with Crippen LogP contribution >= 0.6 is 0 Å². The lowest BCUT2D eigenvalue weighted by Gasteiger charge is -2.19. The topological polar surface area (TPSA) is 76.6 Å². The average molecular weight is 430 g/mol. The average Bonchev–Trinajstić information content (AvgIpc) is 3.29. The number of carbonyl (C=O) groups is 1. The molecule has 0 aliphatic carbocycles. The first-order valence-electron chi connectivity index (χ1n) is 9.29. The molecule has 1 N–H and O–H groups in total. The second-order valence-corrected chi connectivity index (χ2v) is 6.66. The SMILES string of the molecule is O=C(Nc1ccc(OC(F)(F)F)cc1)c1cnc(N2CCOC2)c(-c2cccnc2)c1. The molecular weight excluding hydrogens is 413 g/mol. The lowest BCUT2D eigenvalue weighted by Crippen LogP contribution is -2.21. The van der Waals surface area contributed by atoms with Crippen molar-refractivity contribution in [1.29, 1.82) is 0 Å². The van der Waals surface area contributed by atoms with Crippen molar-refractivity contribution in [2.75, 3.05) is 30.1 Å². The quantitative estimate of drug-likeness (QED) is 0.657. The molecule has 0 saturated carbocycles. The van der Waals surface area contributed by atoms with E-state index in [1.54, 1.807) is 24.5 Å². The highest BCUT2D eigenvalue weighted by Crippen LogP contribution is 2.31. The van der Waals surface area contributed by atoms with E-state index in [4.69, 9.17) is 4.74 Å². The van der Waals surface area contributed by atoms with E-state index in [1.807, 2.05) is 11.0 Å². The standard InChI is InChI=1S/C21H17F3N4O3/c22-21(23,24)31-17-5-3-16(4-6-17)27-20(29)15-10-18(14-2-1-7-25-11-14)19(26-12-15)28-8-9-30-13-28/h1-7,10-12H,8-9,13H2,(H,27,29). The Balaban J connectivity index is 1.57. The zero-order valence-electron chi connectivity index (χ0n) is 16.1. The Hall–Kier alpha value is -3.66. The number of pyridine rings is 2. The zero-order valence-corrected chi connectivity index (χ0v) is 16.1. The van der Waals surface area contributed by atoms with Gasteiger partial charge in [-0.2, -0.15) is 0 Å². The van der Waals surface area contributed by atoms with Gasteiger partial charge in [-0.3, -0.25) is 9.78 Å². The number of hydrogen-bond donors (Lipinski definition) is 1. The van der Waals surface area contributed by atoms with Crippen molar-refractivity contribution < 1.29 is 27.4 Å². The maximum Gasteiger partial charge on any atom is 0.573 e. The number of hydrogen-bond acceptors (Lipinski definition) is 6. The highest BCUT2D eigenvalue weighted by molar-refractivity contribution is 6.05. The molecular formula is C21H17F3N4O3. The Bertz CT molecular complexity index is 1050. The molecule has 0 radical (unpaired) electrons. The van der Waals surface area contributed by atoms with E-state index in [9.17, 15) is 18.0 Å². The Morgan fingerprint density at radius 1 is 1.16 bits per heavy atom. The Morgan fingerprint density at radius 2 is 1.97 bits per heavy atom. The summed E-state index contributed by atoms with van der Waals surface area (Å²) >= 11 is 0. The molecule has 3 aromatic rings. The van der Waals surface area contributed by atoms with Gasteiger partial charge in [0.05, 0.1) is 12.2 Å². The number of ether oxygens (including phenoxy) is 2. The second kappa shape index (κ2) is 8.60. The molecule has 10 heteroatoms. The summed E-state index contributed by atoms with van der Waals surface area (Å²) in [5.74, 6) is -0.148. The molecule has 1 fully saturated rings. The van der Waals surface area contributed by atoms with Gasteiger partial charge in [0.25, 0.3) is 5.91 Å². The molecule has 0 atom stereocenters. The van der Waals surface area contributed by atoms with E-state index in [0.717, 1.165) is 23.3 Å². The van der Waals surface area contributed by atoms with Crippen LogP contribution in [-0.2, 0) is 4.74 Å². The highest BCUT2D eigenvalue weighted by Gasteiger charge is 2.31. The first-order chi connectivity index (χ1) is 14.9. The molecule has 1 aliphatic rings. The van der Waals surface area contributed by atoms with Crippen molar-refractivity contribution >= 4 is 17.4 Å². The molecule has 0 bridgehead atoms. The predicted octanol–water partition coefficient (Wildman–Crippen LogP) is 4.09. The molecule has 31 heavy (non-hydrogen) atoms. The summed E-state index contributed by atoms with van der Waals surface area (Å²) in [5, 5.41) is 2.65. The van der Waals surface area contributed by atoms with Crippen molar-refractivity contribution in [3.63, 3.8) is 0 Å². The predicted molar refractivity (Wildman–Crippen MR) is 107 cm³/mol. The van der Waals surface area contributed by atoms with Gasteiger partial charge in [0.1, 0.15) is 18.3 Å². The Labute approximate surface area is 175 Å². The van der Waals surface area contributed by atoms with Gasteiger partial charge in [-0.25, -0.2) is 4.98 Å². The highest BCUT2D eigenvalue weighted by atomic mass is 19.4. The summed E-state index contributed by atoms with van der Waals surface area (Å²) in [7, 11) is 0. The van der Waals surface area contributed by atoms with Crippen LogP contribution in [-0.4, -0.2) is 42.1 Å². The van der Waals surface area contributed by atoms with Crippen LogP contribution in [0.2, 0.25) is 0 Å². The summed E-state index contributed by atoms with van der Waals surface area (Å²) in [6, 6.07) is 10.3. The second-order valence-electron chi connectivity index (χ2n) is 6.66. The third-order valence-corrected chi connectivity index (χ3v) is 4.50. The fraction of sp³-hybridized carbons (Fsp3) is 0.190. The van der Waals surface area contributed by atoms with Crippen LogP contribution in [0.1, 0.15) is 10.4 Å². The Morgan fingerprint density at radius 3 is 2.61 bits per heavy atom. The minimum Gasteiger partial charge on any atom is -0.406 e. The molecule has 4 rings (SSSR count). The molecule has 3 heterocycles. The fourth-order valence-corrected chi connectivity index (χ4v) is 3.09. The van der Waals surface area contributed by atoms with Gasteiger partial charge >= 0.3 is 6.36 Å².